The molecule has 1 aromatic carbocycles. The molecule has 9 heteroatoms. The molecular weight excluding hydrogens is 436 g/mol. The third kappa shape index (κ3) is 5.68. The Morgan fingerprint density at radius 1 is 1.30 bits per heavy atom. The number of aromatic nitrogens is 3. The quantitative estimate of drug-likeness (QED) is 0.454. The van der Waals surface area contributed by atoms with E-state index in [1.807, 2.05) is 36.6 Å². The number of nitrogens with one attached hydrogen (secondary N) is 2. The second-order valence-electron chi connectivity index (χ2n) is 8.46. The van der Waals surface area contributed by atoms with Crippen molar-refractivity contribution in [3.8, 4) is 0 Å². The summed E-state index contributed by atoms with van der Waals surface area (Å²) >= 11 is 1.43. The van der Waals surface area contributed by atoms with Crippen molar-refractivity contribution >= 4 is 39.0 Å². The molecule has 8 nitrogen and oxygen atoms in total. The Morgan fingerprint density at radius 2 is 2.09 bits per heavy atom. The Bertz CT molecular complexity index is 1180. The lowest BCUT2D eigenvalue weighted by atomic mass is 10.0. The van der Waals surface area contributed by atoms with Gasteiger partial charge in [0.15, 0.2) is 5.13 Å². The Kier molecular flexibility index (Phi) is 7.22. The van der Waals surface area contributed by atoms with Crippen LogP contribution in [0.4, 0.5) is 5.13 Å². The molecule has 3 aromatic rings. The number of para-hydroxylation sites is 1. The Morgan fingerprint density at radius 3 is 2.82 bits per heavy atom. The molecule has 1 fully saturated rings. The van der Waals surface area contributed by atoms with Gasteiger partial charge in [0.2, 0.25) is 0 Å². The summed E-state index contributed by atoms with van der Waals surface area (Å²) in [6, 6.07) is 5.56. The number of aromatic amines is 1. The Hall–Kier alpha value is -3.01. The molecule has 0 aliphatic carbocycles. The first-order chi connectivity index (χ1) is 15.9. The topological polar surface area (TPSA) is 109 Å². The fraction of sp³-hybridized carbons (Fsp3) is 0.375. The number of hydrogen-bond acceptors (Lipinski definition) is 7. The highest BCUT2D eigenvalue weighted by atomic mass is 32.1. The number of H-pyrrole nitrogens is 1. The smallest absolute Gasteiger partial charge is 0.259 e. The average molecular weight is 467 g/mol. The minimum absolute atomic E-state index is 0.223. The van der Waals surface area contributed by atoms with Crippen molar-refractivity contribution in [2.45, 2.75) is 27.3 Å². The highest BCUT2D eigenvalue weighted by Gasteiger charge is 2.18. The molecule has 174 valence electrons. The van der Waals surface area contributed by atoms with E-state index in [2.05, 4.69) is 34.0 Å². The molecule has 2 aromatic heterocycles. The largest absolute Gasteiger partial charge is 0.402 e. The number of benzene rings is 1. The first-order valence-corrected chi connectivity index (χ1v) is 12.0. The molecule has 3 heterocycles. The molecule has 1 saturated heterocycles. The van der Waals surface area contributed by atoms with Crippen molar-refractivity contribution in [3.05, 3.63) is 58.5 Å². The van der Waals surface area contributed by atoms with Crippen LogP contribution in [-0.2, 0) is 11.3 Å². The number of rotatable bonds is 7. The SMILES string of the molecule is C/C(N)=C/C=C(/c1nc2c(C(=O)Nc3nc(CN4CCOCC4)cs3)cccc2[nH]1)C(C)C. The summed E-state index contributed by atoms with van der Waals surface area (Å²) in [5.74, 6) is 0.747. The van der Waals surface area contributed by atoms with Crippen LogP contribution in [0.15, 0.2) is 41.4 Å². The summed E-state index contributed by atoms with van der Waals surface area (Å²) in [7, 11) is 0. The van der Waals surface area contributed by atoms with Crippen molar-refractivity contribution in [3.63, 3.8) is 0 Å². The van der Waals surface area contributed by atoms with E-state index >= 15 is 0 Å². The van der Waals surface area contributed by atoms with Gasteiger partial charge in [-0.3, -0.25) is 15.0 Å². The zero-order chi connectivity index (χ0) is 23.4. The Labute approximate surface area is 197 Å². The van der Waals surface area contributed by atoms with Crippen molar-refractivity contribution in [2.75, 3.05) is 31.6 Å². The van der Waals surface area contributed by atoms with Gasteiger partial charge in [-0.15, -0.1) is 11.3 Å². The summed E-state index contributed by atoms with van der Waals surface area (Å²) < 4.78 is 5.40. The first kappa shape index (κ1) is 23.2. The van der Waals surface area contributed by atoms with Gasteiger partial charge in [0.25, 0.3) is 5.91 Å². The first-order valence-electron chi connectivity index (χ1n) is 11.1. The summed E-state index contributed by atoms with van der Waals surface area (Å²) in [6.45, 7) is 10.1. The van der Waals surface area contributed by atoms with E-state index in [0.29, 0.717) is 16.2 Å². The lowest BCUT2D eigenvalue weighted by molar-refractivity contribution is 0.0337. The number of nitrogens with two attached hydrogens (primary N) is 1. The second kappa shape index (κ2) is 10.3. The van der Waals surface area contributed by atoms with Gasteiger partial charge < -0.3 is 15.5 Å². The van der Waals surface area contributed by atoms with Gasteiger partial charge in [-0.1, -0.05) is 26.0 Å². The number of imidazole rings is 1. The van der Waals surface area contributed by atoms with Gasteiger partial charge in [-0.25, -0.2) is 9.97 Å². The van der Waals surface area contributed by atoms with Gasteiger partial charge in [0.1, 0.15) is 11.3 Å². The van der Waals surface area contributed by atoms with E-state index in [1.165, 1.54) is 11.3 Å². The fourth-order valence-electron chi connectivity index (χ4n) is 3.71. The molecule has 33 heavy (non-hydrogen) atoms. The van der Waals surface area contributed by atoms with Crippen molar-refractivity contribution in [2.24, 2.45) is 11.7 Å². The maximum absolute atomic E-state index is 13.1. The number of morpholine rings is 1. The number of ether oxygens (including phenoxy) is 1. The number of nitrogens with zero attached hydrogens (tertiary/aromatic N) is 3. The summed E-state index contributed by atoms with van der Waals surface area (Å²) in [5, 5.41) is 5.52. The van der Waals surface area contributed by atoms with Crippen LogP contribution < -0.4 is 11.1 Å². The number of hydrogen-bond donors (Lipinski definition) is 3. The standard InChI is InChI=1S/C24H30N6O2S/c1-15(2)18(8-7-16(3)25)22-27-20-6-4-5-19(21(20)28-22)23(31)29-24-26-17(14-33-24)13-30-9-11-32-12-10-30/h4-8,14-15H,9-13,25H2,1-3H3,(H,27,28)(H,26,29,31)/b16-7-,18-8+. The number of carbonyl (C=O) groups excluding carboxylic acids is 1. The van der Waals surface area contributed by atoms with E-state index in [9.17, 15) is 4.79 Å². The lowest BCUT2D eigenvalue weighted by Gasteiger charge is -2.25. The predicted molar refractivity (Wildman–Crippen MR) is 133 cm³/mol. The molecule has 0 bridgehead atoms. The van der Waals surface area contributed by atoms with Crippen molar-refractivity contribution in [1.82, 2.24) is 19.9 Å². The fourth-order valence-corrected chi connectivity index (χ4v) is 4.40. The molecule has 0 unspecified atom stereocenters. The van der Waals surface area contributed by atoms with Gasteiger partial charge in [-0.05, 0) is 36.6 Å². The van der Waals surface area contributed by atoms with E-state index in [-0.39, 0.29) is 11.8 Å². The number of amides is 1. The maximum Gasteiger partial charge on any atom is 0.259 e. The maximum atomic E-state index is 13.1. The van der Waals surface area contributed by atoms with E-state index < -0.39 is 0 Å². The van der Waals surface area contributed by atoms with E-state index in [0.717, 1.165) is 61.2 Å². The van der Waals surface area contributed by atoms with Crippen LogP contribution in [0, 0.1) is 5.92 Å². The molecular formula is C24H30N6O2S. The summed E-state index contributed by atoms with van der Waals surface area (Å²) in [4.78, 5) is 28.1. The molecule has 0 saturated carbocycles. The molecule has 0 radical (unpaired) electrons. The van der Waals surface area contributed by atoms with Crippen LogP contribution >= 0.6 is 11.3 Å². The van der Waals surface area contributed by atoms with Crippen molar-refractivity contribution < 1.29 is 9.53 Å². The predicted octanol–water partition coefficient (Wildman–Crippen LogP) is 4.01. The van der Waals surface area contributed by atoms with E-state index in [1.54, 1.807) is 6.07 Å². The molecule has 0 atom stereocenters. The van der Waals surface area contributed by atoms with Gasteiger partial charge >= 0.3 is 0 Å². The van der Waals surface area contributed by atoms with Gasteiger partial charge in [0, 0.05) is 30.7 Å². The third-order valence-corrected chi connectivity index (χ3v) is 6.25. The average Bonchev–Trinajstić information content (AvgIpc) is 3.40. The number of fused-ring (bicyclic) bond motifs is 1. The van der Waals surface area contributed by atoms with Gasteiger partial charge in [-0.2, -0.15) is 0 Å². The highest BCUT2D eigenvalue weighted by molar-refractivity contribution is 7.14. The van der Waals surface area contributed by atoms with Crippen LogP contribution in [0.5, 0.6) is 0 Å². The van der Waals surface area contributed by atoms with Crippen LogP contribution in [0.2, 0.25) is 0 Å². The van der Waals surface area contributed by atoms with E-state index in [4.69, 9.17) is 15.5 Å². The monoisotopic (exact) mass is 466 g/mol. The lowest BCUT2D eigenvalue weighted by Crippen LogP contribution is -2.35. The molecule has 1 amide bonds. The Balaban J connectivity index is 1.54. The summed E-state index contributed by atoms with van der Waals surface area (Å²) in [5.41, 5.74) is 10.5. The number of anilines is 1. The number of allylic oxidation sites excluding steroid dienone is 4. The van der Waals surface area contributed by atoms with Crippen LogP contribution in [0.1, 0.15) is 42.6 Å². The second-order valence-corrected chi connectivity index (χ2v) is 9.32. The van der Waals surface area contributed by atoms with Crippen LogP contribution in [-0.4, -0.2) is 52.1 Å². The van der Waals surface area contributed by atoms with Crippen molar-refractivity contribution in [1.29, 1.82) is 0 Å². The minimum atomic E-state index is -0.223. The molecule has 1 aliphatic rings. The number of thiazole rings is 1. The van der Waals surface area contributed by atoms with Crippen LogP contribution in [0.3, 0.4) is 0 Å². The summed E-state index contributed by atoms with van der Waals surface area (Å²) in [6.07, 6.45) is 3.84. The number of carbonyl (C=O) groups is 1. The molecule has 0 spiro atoms. The molecule has 4 N–H and O–H groups in total. The normalized spacial score (nSPS) is 16.0. The zero-order valence-corrected chi connectivity index (χ0v) is 20.0. The molecule has 4 rings (SSSR count). The minimum Gasteiger partial charge on any atom is -0.402 e. The van der Waals surface area contributed by atoms with Gasteiger partial charge in [0.05, 0.1) is 30.0 Å². The molecule has 1 aliphatic heterocycles. The third-order valence-electron chi connectivity index (χ3n) is 5.44. The van der Waals surface area contributed by atoms with Crippen LogP contribution in [0.25, 0.3) is 16.6 Å². The highest BCUT2D eigenvalue weighted by Crippen LogP contribution is 2.26. The zero-order valence-electron chi connectivity index (χ0n) is 19.2.